The molecule has 4 rings (SSSR count). The predicted molar refractivity (Wildman–Crippen MR) is 102 cm³/mol. The van der Waals surface area contributed by atoms with Crippen LogP contribution in [0, 0.1) is 13.8 Å². The van der Waals surface area contributed by atoms with Crippen LogP contribution in [0.4, 0.5) is 0 Å². The van der Waals surface area contributed by atoms with Gasteiger partial charge in [0.05, 0.1) is 4.90 Å². The fraction of sp³-hybridized carbons (Fsp3) is 0.0909. The molecular formula is C22H18OS. The molecule has 3 aromatic carbocycles. The highest BCUT2D eigenvalue weighted by Gasteiger charge is 2.16. The third-order valence-corrected chi connectivity index (χ3v) is 5.22. The van der Waals surface area contributed by atoms with Gasteiger partial charge in [0, 0.05) is 15.8 Å². The van der Waals surface area contributed by atoms with Crippen molar-refractivity contribution in [2.45, 2.75) is 23.6 Å². The van der Waals surface area contributed by atoms with Gasteiger partial charge in [0.25, 0.3) is 0 Å². The van der Waals surface area contributed by atoms with Crippen molar-refractivity contribution >= 4 is 22.7 Å². The van der Waals surface area contributed by atoms with Crippen LogP contribution in [0.3, 0.4) is 0 Å². The molecule has 0 unspecified atom stereocenters. The SMILES string of the molecule is Cc1ccc(Sc2c(-c3ccc(C)cc3)oc3ccccc23)cc1. The smallest absolute Gasteiger partial charge is 0.149 e. The molecule has 0 aliphatic heterocycles. The molecule has 0 saturated heterocycles. The van der Waals surface area contributed by atoms with Crippen molar-refractivity contribution in [2.24, 2.45) is 0 Å². The number of hydrogen-bond donors (Lipinski definition) is 0. The van der Waals surface area contributed by atoms with Crippen LogP contribution in [0.25, 0.3) is 22.3 Å². The Balaban J connectivity index is 1.86. The zero-order valence-corrected chi connectivity index (χ0v) is 14.6. The average molecular weight is 330 g/mol. The van der Waals surface area contributed by atoms with E-state index in [4.69, 9.17) is 4.42 Å². The van der Waals surface area contributed by atoms with Gasteiger partial charge in [0.2, 0.25) is 0 Å². The van der Waals surface area contributed by atoms with Crippen LogP contribution in [0.1, 0.15) is 11.1 Å². The molecule has 24 heavy (non-hydrogen) atoms. The van der Waals surface area contributed by atoms with Crippen molar-refractivity contribution in [3.05, 3.63) is 83.9 Å². The molecule has 0 fully saturated rings. The molecule has 118 valence electrons. The minimum absolute atomic E-state index is 0.933. The molecule has 1 nitrogen and oxygen atoms in total. The number of furan rings is 1. The number of benzene rings is 3. The van der Waals surface area contributed by atoms with Crippen LogP contribution < -0.4 is 0 Å². The van der Waals surface area contributed by atoms with Crippen LogP contribution in [0.5, 0.6) is 0 Å². The van der Waals surface area contributed by atoms with Crippen molar-refractivity contribution in [1.29, 1.82) is 0 Å². The Labute approximate surface area is 146 Å². The fourth-order valence-electron chi connectivity index (χ4n) is 2.74. The van der Waals surface area contributed by atoms with Gasteiger partial charge in [-0.3, -0.25) is 0 Å². The lowest BCUT2D eigenvalue weighted by atomic mass is 10.1. The molecule has 0 aliphatic carbocycles. The first-order chi connectivity index (χ1) is 11.7. The molecule has 0 saturated carbocycles. The van der Waals surface area contributed by atoms with E-state index in [2.05, 4.69) is 74.5 Å². The van der Waals surface area contributed by atoms with E-state index in [0.717, 1.165) is 16.9 Å². The molecule has 2 heteroatoms. The molecule has 1 heterocycles. The summed E-state index contributed by atoms with van der Waals surface area (Å²) in [5.41, 5.74) is 4.58. The number of hydrogen-bond acceptors (Lipinski definition) is 2. The highest BCUT2D eigenvalue weighted by atomic mass is 32.2. The summed E-state index contributed by atoms with van der Waals surface area (Å²) in [6.45, 7) is 4.21. The van der Waals surface area contributed by atoms with Crippen LogP contribution in [-0.4, -0.2) is 0 Å². The Bertz CT molecular complexity index is 979. The Hall–Kier alpha value is -2.45. The summed E-state index contributed by atoms with van der Waals surface area (Å²) in [7, 11) is 0. The minimum atomic E-state index is 0.933. The summed E-state index contributed by atoms with van der Waals surface area (Å²) >= 11 is 1.76. The fourth-order valence-corrected chi connectivity index (χ4v) is 3.78. The monoisotopic (exact) mass is 330 g/mol. The van der Waals surface area contributed by atoms with Gasteiger partial charge in [0.15, 0.2) is 0 Å². The summed E-state index contributed by atoms with van der Waals surface area (Å²) in [5.74, 6) is 0.946. The number of para-hydroxylation sites is 1. The Morgan fingerprint density at radius 2 is 1.33 bits per heavy atom. The van der Waals surface area contributed by atoms with E-state index in [9.17, 15) is 0 Å². The molecule has 0 radical (unpaired) electrons. The predicted octanol–water partition coefficient (Wildman–Crippen LogP) is 6.87. The normalized spacial score (nSPS) is 11.1. The number of aryl methyl sites for hydroxylation is 2. The van der Waals surface area contributed by atoms with E-state index in [1.165, 1.54) is 26.3 Å². The van der Waals surface area contributed by atoms with Gasteiger partial charge in [-0.1, -0.05) is 71.4 Å². The highest BCUT2D eigenvalue weighted by molar-refractivity contribution is 7.99. The minimum Gasteiger partial charge on any atom is -0.455 e. The van der Waals surface area contributed by atoms with Crippen molar-refractivity contribution < 1.29 is 4.42 Å². The van der Waals surface area contributed by atoms with E-state index < -0.39 is 0 Å². The molecule has 0 N–H and O–H groups in total. The van der Waals surface area contributed by atoms with Gasteiger partial charge in [-0.25, -0.2) is 0 Å². The van der Waals surface area contributed by atoms with E-state index in [-0.39, 0.29) is 0 Å². The molecular weight excluding hydrogens is 312 g/mol. The van der Waals surface area contributed by atoms with Crippen LogP contribution in [0.15, 0.2) is 87.0 Å². The first-order valence-electron chi connectivity index (χ1n) is 8.04. The average Bonchev–Trinajstić information content (AvgIpc) is 2.96. The quantitative estimate of drug-likeness (QED) is 0.406. The summed E-state index contributed by atoms with van der Waals surface area (Å²) in [6, 6.07) is 25.4. The number of rotatable bonds is 3. The van der Waals surface area contributed by atoms with Gasteiger partial charge < -0.3 is 4.42 Å². The lowest BCUT2D eigenvalue weighted by molar-refractivity contribution is 0.625. The molecule has 0 amide bonds. The highest BCUT2D eigenvalue weighted by Crippen LogP contribution is 2.43. The molecule has 1 aromatic heterocycles. The zero-order chi connectivity index (χ0) is 16.5. The molecule has 0 bridgehead atoms. The van der Waals surface area contributed by atoms with Crippen molar-refractivity contribution in [3.63, 3.8) is 0 Å². The van der Waals surface area contributed by atoms with Gasteiger partial charge in [-0.05, 0) is 38.1 Å². The topological polar surface area (TPSA) is 13.1 Å². The first kappa shape index (κ1) is 15.1. The lowest BCUT2D eigenvalue weighted by Gasteiger charge is -2.05. The van der Waals surface area contributed by atoms with E-state index in [1.54, 1.807) is 11.8 Å². The van der Waals surface area contributed by atoms with E-state index in [0.29, 0.717) is 0 Å². The van der Waals surface area contributed by atoms with E-state index >= 15 is 0 Å². The Morgan fingerprint density at radius 1 is 0.708 bits per heavy atom. The van der Waals surface area contributed by atoms with Gasteiger partial charge >= 0.3 is 0 Å². The Morgan fingerprint density at radius 3 is 2.04 bits per heavy atom. The first-order valence-corrected chi connectivity index (χ1v) is 8.85. The zero-order valence-electron chi connectivity index (χ0n) is 13.7. The third kappa shape index (κ3) is 2.85. The standard InChI is InChI=1S/C22H18OS/c1-15-7-11-17(12-8-15)21-22(19-5-3-4-6-20(19)23-21)24-18-13-9-16(2)10-14-18/h3-14H,1-2H3. The maximum Gasteiger partial charge on any atom is 0.149 e. The third-order valence-electron chi connectivity index (χ3n) is 4.10. The van der Waals surface area contributed by atoms with Gasteiger partial charge in [-0.15, -0.1) is 0 Å². The lowest BCUT2D eigenvalue weighted by Crippen LogP contribution is -1.80. The molecule has 0 atom stereocenters. The van der Waals surface area contributed by atoms with Crippen molar-refractivity contribution in [1.82, 2.24) is 0 Å². The maximum absolute atomic E-state index is 6.20. The molecule has 0 spiro atoms. The van der Waals surface area contributed by atoms with Crippen LogP contribution in [-0.2, 0) is 0 Å². The van der Waals surface area contributed by atoms with Crippen molar-refractivity contribution in [2.75, 3.05) is 0 Å². The van der Waals surface area contributed by atoms with Crippen molar-refractivity contribution in [3.8, 4) is 11.3 Å². The second-order valence-corrected chi connectivity index (χ2v) is 7.12. The van der Waals surface area contributed by atoms with Crippen LogP contribution in [0.2, 0.25) is 0 Å². The maximum atomic E-state index is 6.20. The summed E-state index contributed by atoms with van der Waals surface area (Å²) in [6.07, 6.45) is 0. The second-order valence-electron chi connectivity index (χ2n) is 6.04. The number of fused-ring (bicyclic) bond motifs is 1. The summed E-state index contributed by atoms with van der Waals surface area (Å²) < 4.78 is 6.20. The molecule has 4 aromatic rings. The summed E-state index contributed by atoms with van der Waals surface area (Å²) in [5, 5.41) is 1.17. The largest absolute Gasteiger partial charge is 0.455 e. The molecule has 0 aliphatic rings. The Kier molecular flexibility index (Phi) is 3.91. The second kappa shape index (κ2) is 6.21. The summed E-state index contributed by atoms with van der Waals surface area (Å²) in [4.78, 5) is 2.40. The van der Waals surface area contributed by atoms with Gasteiger partial charge in [0.1, 0.15) is 11.3 Å². The van der Waals surface area contributed by atoms with E-state index in [1.807, 2.05) is 12.1 Å². The van der Waals surface area contributed by atoms with Gasteiger partial charge in [-0.2, -0.15) is 0 Å². The van der Waals surface area contributed by atoms with Crippen LogP contribution >= 0.6 is 11.8 Å².